The molecule has 1 aliphatic rings. The molecule has 146 valence electrons. The van der Waals surface area contributed by atoms with Crippen LogP contribution >= 0.6 is 22.9 Å². The van der Waals surface area contributed by atoms with Gasteiger partial charge < -0.3 is 26.1 Å². The summed E-state index contributed by atoms with van der Waals surface area (Å²) in [6.07, 6.45) is 0. The molecule has 2 unspecified atom stereocenters. The molecule has 1 saturated heterocycles. The number of alkyl halides is 1. The number of anilines is 1. The molecule has 4 amide bonds. The molecule has 11 nitrogen and oxygen atoms in total. The third-order valence-corrected chi connectivity index (χ3v) is 4.38. The first kappa shape index (κ1) is 20.6. The van der Waals surface area contributed by atoms with Crippen LogP contribution in [0.15, 0.2) is 10.5 Å². The Morgan fingerprint density at radius 3 is 2.78 bits per heavy atom. The van der Waals surface area contributed by atoms with Gasteiger partial charge in [-0.1, -0.05) is 5.16 Å². The molecule has 1 aromatic rings. The number of carbonyl (C=O) groups is 4. The molecule has 2 heterocycles. The second kappa shape index (κ2) is 9.28. The highest BCUT2D eigenvalue weighted by Crippen LogP contribution is 2.17. The maximum absolute atomic E-state index is 12.5. The molecule has 2 rings (SSSR count). The van der Waals surface area contributed by atoms with E-state index in [1.165, 1.54) is 19.4 Å². The van der Waals surface area contributed by atoms with E-state index in [-0.39, 0.29) is 40.8 Å². The first-order valence-electron chi connectivity index (χ1n) is 7.64. The van der Waals surface area contributed by atoms with Crippen LogP contribution in [0.4, 0.5) is 5.13 Å². The molecule has 0 spiro atoms. The summed E-state index contributed by atoms with van der Waals surface area (Å²) in [6, 6.07) is -1.27. The fraction of sp³-hybridized carbons (Fsp3) is 0.429. The van der Waals surface area contributed by atoms with Crippen LogP contribution in [0.3, 0.4) is 0 Å². The number of amides is 4. The number of carbonyl (C=O) groups excluding carboxylic acids is 4. The number of hydrogen-bond acceptors (Lipinski definition) is 8. The van der Waals surface area contributed by atoms with Gasteiger partial charge in [-0.25, -0.2) is 4.98 Å². The maximum atomic E-state index is 12.5. The fourth-order valence-corrected chi connectivity index (χ4v) is 2.91. The smallest absolute Gasteiger partial charge is 0.276 e. The zero-order valence-corrected chi connectivity index (χ0v) is 15.9. The number of nitrogens with one attached hydrogen (secondary N) is 4. The van der Waals surface area contributed by atoms with Gasteiger partial charge in [-0.15, -0.1) is 22.9 Å². The van der Waals surface area contributed by atoms with E-state index in [9.17, 15) is 19.2 Å². The quantitative estimate of drug-likeness (QED) is 0.181. The van der Waals surface area contributed by atoms with Crippen molar-refractivity contribution >= 4 is 57.4 Å². The summed E-state index contributed by atoms with van der Waals surface area (Å²) in [5.41, 5.74) is -0.0135. The number of nitrogens with zero attached hydrogens (tertiary/aromatic N) is 2. The molecule has 2 atom stereocenters. The number of hydrogen-bond donors (Lipinski definition) is 4. The molecule has 0 aromatic carbocycles. The van der Waals surface area contributed by atoms with E-state index < -0.39 is 23.9 Å². The molecule has 0 saturated carbocycles. The third kappa shape index (κ3) is 5.37. The minimum Gasteiger partial charge on any atom is -0.398 e. The lowest BCUT2D eigenvalue weighted by molar-refractivity contribution is -0.135. The Morgan fingerprint density at radius 2 is 2.19 bits per heavy atom. The summed E-state index contributed by atoms with van der Waals surface area (Å²) in [5, 5.41) is 15.5. The second-order valence-electron chi connectivity index (χ2n) is 5.35. The van der Waals surface area contributed by atoms with E-state index >= 15 is 0 Å². The molecular weight excluding hydrogens is 400 g/mol. The standard InChI is InChI=1S/C14H17ClN6O5S/c1-6(22)16-4-7-10(12(24)17-7)20-13(25)11(21-26-2)8-5-27-14(18-8)19-9(23)3-15/h5,7,10H,3-4H2,1-2H3,(H,16,22)(H,17,24)(H,20,25)(H,18,19,23). The zero-order valence-electron chi connectivity index (χ0n) is 14.4. The Bertz CT molecular complexity index is 782. The SMILES string of the molecule is CON=C(C(=O)NC1C(=O)NC1CNC(C)=O)c1csc(NC(=O)CCl)n1. The van der Waals surface area contributed by atoms with Gasteiger partial charge in [0.15, 0.2) is 10.8 Å². The van der Waals surface area contributed by atoms with Gasteiger partial charge in [0.05, 0.1) is 6.04 Å². The van der Waals surface area contributed by atoms with Gasteiger partial charge in [0.1, 0.15) is 24.7 Å². The first-order chi connectivity index (χ1) is 12.8. The maximum Gasteiger partial charge on any atom is 0.276 e. The Labute approximate surface area is 162 Å². The lowest BCUT2D eigenvalue weighted by Gasteiger charge is -2.37. The van der Waals surface area contributed by atoms with Crippen molar-refractivity contribution in [2.24, 2.45) is 5.16 Å². The Kier molecular flexibility index (Phi) is 7.07. The molecule has 0 radical (unpaired) electrons. The van der Waals surface area contributed by atoms with E-state index in [1.54, 1.807) is 0 Å². The van der Waals surface area contributed by atoms with E-state index in [4.69, 9.17) is 11.6 Å². The summed E-state index contributed by atoms with van der Waals surface area (Å²) in [4.78, 5) is 55.3. The fourth-order valence-electron chi connectivity index (χ4n) is 2.13. The molecule has 27 heavy (non-hydrogen) atoms. The molecule has 1 aliphatic heterocycles. The summed E-state index contributed by atoms with van der Waals surface area (Å²) in [7, 11) is 1.26. The van der Waals surface area contributed by atoms with Crippen molar-refractivity contribution in [1.29, 1.82) is 0 Å². The predicted octanol–water partition coefficient (Wildman–Crippen LogP) is -1.21. The average molecular weight is 417 g/mol. The molecule has 13 heteroatoms. The molecule has 0 aliphatic carbocycles. The number of oxime groups is 1. The highest BCUT2D eigenvalue weighted by Gasteiger charge is 2.41. The molecule has 4 N–H and O–H groups in total. The van der Waals surface area contributed by atoms with Crippen LogP contribution in [0, 0.1) is 0 Å². The van der Waals surface area contributed by atoms with Crippen molar-refractivity contribution in [3.63, 3.8) is 0 Å². The highest BCUT2D eigenvalue weighted by atomic mass is 35.5. The van der Waals surface area contributed by atoms with Crippen LogP contribution in [0.2, 0.25) is 0 Å². The minimum absolute atomic E-state index is 0.155. The Morgan fingerprint density at radius 1 is 1.44 bits per heavy atom. The monoisotopic (exact) mass is 416 g/mol. The molecule has 0 bridgehead atoms. The van der Waals surface area contributed by atoms with Crippen molar-refractivity contribution in [2.75, 3.05) is 24.9 Å². The average Bonchev–Trinajstić information content (AvgIpc) is 3.08. The van der Waals surface area contributed by atoms with Gasteiger partial charge in [0, 0.05) is 18.8 Å². The third-order valence-electron chi connectivity index (χ3n) is 3.38. The Hall–Kier alpha value is -2.73. The van der Waals surface area contributed by atoms with Gasteiger partial charge in [0.2, 0.25) is 17.7 Å². The second-order valence-corrected chi connectivity index (χ2v) is 6.47. The van der Waals surface area contributed by atoms with Gasteiger partial charge in [0.25, 0.3) is 5.91 Å². The van der Waals surface area contributed by atoms with E-state index in [2.05, 4.69) is 36.2 Å². The van der Waals surface area contributed by atoms with E-state index in [1.807, 2.05) is 0 Å². The summed E-state index contributed by atoms with van der Waals surface area (Å²) in [5.74, 6) is -2.01. The Balaban J connectivity index is 2.07. The summed E-state index contributed by atoms with van der Waals surface area (Å²) >= 11 is 6.49. The highest BCUT2D eigenvalue weighted by molar-refractivity contribution is 7.14. The summed E-state index contributed by atoms with van der Waals surface area (Å²) in [6.45, 7) is 1.52. The number of thiazole rings is 1. The number of β-lactam (4-membered cyclic amide) rings is 1. The topological polar surface area (TPSA) is 151 Å². The van der Waals surface area contributed by atoms with Crippen LogP contribution in [0.25, 0.3) is 0 Å². The largest absolute Gasteiger partial charge is 0.398 e. The molecule has 1 fully saturated rings. The van der Waals surface area contributed by atoms with E-state index in [0.717, 1.165) is 11.3 Å². The lowest BCUT2D eigenvalue weighted by Crippen LogP contribution is -2.72. The number of rotatable bonds is 8. The number of halogens is 1. The lowest BCUT2D eigenvalue weighted by atomic mass is 9.98. The minimum atomic E-state index is -0.833. The van der Waals surface area contributed by atoms with Crippen LogP contribution in [0.5, 0.6) is 0 Å². The van der Waals surface area contributed by atoms with Crippen molar-refractivity contribution in [2.45, 2.75) is 19.0 Å². The van der Waals surface area contributed by atoms with Crippen LogP contribution in [0.1, 0.15) is 12.6 Å². The number of aromatic nitrogens is 1. The van der Waals surface area contributed by atoms with Crippen LogP contribution < -0.4 is 21.3 Å². The van der Waals surface area contributed by atoms with Gasteiger partial charge in [-0.05, 0) is 0 Å². The van der Waals surface area contributed by atoms with Gasteiger partial charge in [-0.2, -0.15) is 0 Å². The van der Waals surface area contributed by atoms with Crippen LogP contribution in [-0.4, -0.2) is 65.9 Å². The van der Waals surface area contributed by atoms with Crippen molar-refractivity contribution < 1.29 is 24.0 Å². The normalized spacial score (nSPS) is 18.8. The van der Waals surface area contributed by atoms with Gasteiger partial charge >= 0.3 is 0 Å². The molecular formula is C14H17ClN6O5S. The molecule has 1 aromatic heterocycles. The van der Waals surface area contributed by atoms with E-state index in [0.29, 0.717) is 0 Å². The first-order valence-corrected chi connectivity index (χ1v) is 9.05. The summed E-state index contributed by atoms with van der Waals surface area (Å²) < 4.78 is 0. The van der Waals surface area contributed by atoms with Gasteiger partial charge in [-0.3, -0.25) is 19.2 Å². The van der Waals surface area contributed by atoms with Crippen molar-refractivity contribution in [1.82, 2.24) is 20.9 Å². The predicted molar refractivity (Wildman–Crippen MR) is 97.6 cm³/mol. The van der Waals surface area contributed by atoms with Crippen molar-refractivity contribution in [3.8, 4) is 0 Å². The van der Waals surface area contributed by atoms with Crippen LogP contribution in [-0.2, 0) is 24.0 Å². The van der Waals surface area contributed by atoms with Crippen molar-refractivity contribution in [3.05, 3.63) is 11.1 Å². The zero-order chi connectivity index (χ0) is 20.0.